The average molecular weight is 295 g/mol. The average Bonchev–Trinajstić information content (AvgIpc) is 2.49. The maximum Gasteiger partial charge on any atom is 0.188 e. The van der Waals surface area contributed by atoms with E-state index in [1.54, 1.807) is 33.5 Å². The van der Waals surface area contributed by atoms with E-state index in [1.165, 1.54) is 0 Å². The Morgan fingerprint density at radius 3 is 2.14 bits per heavy atom. The maximum atomic E-state index is 5.84. The Morgan fingerprint density at radius 2 is 1.71 bits per heavy atom. The molecule has 0 unspecified atom stereocenters. The summed E-state index contributed by atoms with van der Waals surface area (Å²) in [4.78, 5) is 4.32. The number of hydrogen-bond acceptors (Lipinski definition) is 4. The minimum absolute atomic E-state index is 0.368. The molecule has 1 rings (SSSR count). The zero-order chi connectivity index (χ0) is 15.8. The summed E-state index contributed by atoms with van der Waals surface area (Å²) in [5.41, 5.74) is 6.67. The van der Waals surface area contributed by atoms with Gasteiger partial charge in [-0.3, -0.25) is 0 Å². The van der Waals surface area contributed by atoms with Crippen molar-refractivity contribution < 1.29 is 14.2 Å². The van der Waals surface area contributed by atoms with Crippen LogP contribution in [0.1, 0.15) is 19.4 Å². The lowest BCUT2D eigenvalue weighted by Gasteiger charge is -2.14. The van der Waals surface area contributed by atoms with E-state index in [-0.39, 0.29) is 0 Å². The van der Waals surface area contributed by atoms with Crippen molar-refractivity contribution in [3.8, 4) is 17.2 Å². The van der Waals surface area contributed by atoms with Crippen LogP contribution >= 0.6 is 0 Å². The van der Waals surface area contributed by atoms with Crippen LogP contribution in [-0.4, -0.2) is 33.8 Å². The fourth-order valence-corrected chi connectivity index (χ4v) is 1.76. The fraction of sp³-hybridized carbons (Fsp3) is 0.533. The second kappa shape index (κ2) is 8.24. The van der Waals surface area contributed by atoms with Gasteiger partial charge in [0.1, 0.15) is 17.2 Å². The molecule has 0 aliphatic heterocycles. The van der Waals surface area contributed by atoms with Gasteiger partial charge in [-0.2, -0.15) is 0 Å². The lowest BCUT2D eigenvalue weighted by atomic mass is 10.1. The number of methoxy groups -OCH3 is 3. The summed E-state index contributed by atoms with van der Waals surface area (Å²) in [6, 6.07) is 3.59. The highest BCUT2D eigenvalue weighted by Crippen LogP contribution is 2.34. The molecule has 118 valence electrons. The molecular formula is C15H25N3O3. The Morgan fingerprint density at radius 1 is 1.14 bits per heavy atom. The molecule has 0 saturated carbocycles. The molecule has 3 N–H and O–H groups in total. The summed E-state index contributed by atoms with van der Waals surface area (Å²) in [6.07, 6.45) is 0. The number of aliphatic imine (C=N–C) groups is 1. The Balaban J connectivity index is 2.93. The van der Waals surface area contributed by atoms with Gasteiger partial charge < -0.3 is 25.3 Å². The van der Waals surface area contributed by atoms with Gasteiger partial charge in [0.25, 0.3) is 0 Å². The summed E-state index contributed by atoms with van der Waals surface area (Å²) in [5.74, 6) is 2.90. The molecule has 0 spiro atoms. The zero-order valence-electron chi connectivity index (χ0n) is 13.4. The third-order valence-electron chi connectivity index (χ3n) is 2.92. The SMILES string of the molecule is COc1cc(OC)c(CN=C(N)NCC(C)C)c(OC)c1. The van der Waals surface area contributed by atoms with Crippen molar-refractivity contribution in [2.24, 2.45) is 16.6 Å². The summed E-state index contributed by atoms with van der Waals surface area (Å²) in [5, 5.41) is 3.07. The van der Waals surface area contributed by atoms with Crippen LogP contribution < -0.4 is 25.3 Å². The summed E-state index contributed by atoms with van der Waals surface area (Å²) < 4.78 is 16.0. The van der Waals surface area contributed by atoms with Crippen LogP contribution in [0.4, 0.5) is 0 Å². The van der Waals surface area contributed by atoms with E-state index >= 15 is 0 Å². The van der Waals surface area contributed by atoms with Crippen LogP contribution in [0.2, 0.25) is 0 Å². The Labute approximate surface area is 126 Å². The monoisotopic (exact) mass is 295 g/mol. The maximum absolute atomic E-state index is 5.84. The van der Waals surface area contributed by atoms with Gasteiger partial charge in [-0.1, -0.05) is 13.8 Å². The predicted octanol–water partition coefficient (Wildman–Crippen LogP) is 1.77. The number of rotatable bonds is 7. The first-order chi connectivity index (χ1) is 10.0. The molecule has 0 amide bonds. The first kappa shape index (κ1) is 16.9. The number of ether oxygens (including phenoxy) is 3. The van der Waals surface area contributed by atoms with E-state index < -0.39 is 0 Å². The Bertz CT molecular complexity index is 462. The predicted molar refractivity (Wildman–Crippen MR) is 84.3 cm³/mol. The van der Waals surface area contributed by atoms with Crippen LogP contribution in [0.3, 0.4) is 0 Å². The van der Waals surface area contributed by atoms with E-state index in [2.05, 4.69) is 24.2 Å². The quantitative estimate of drug-likeness (QED) is 0.592. The number of nitrogens with two attached hydrogens (primary N) is 1. The molecule has 1 aromatic carbocycles. The number of hydrogen-bond donors (Lipinski definition) is 2. The molecule has 0 aliphatic rings. The summed E-state index contributed by atoms with van der Waals surface area (Å²) >= 11 is 0. The zero-order valence-corrected chi connectivity index (χ0v) is 13.4. The van der Waals surface area contributed by atoms with Crippen molar-refractivity contribution in [2.45, 2.75) is 20.4 Å². The lowest BCUT2D eigenvalue weighted by molar-refractivity contribution is 0.369. The van der Waals surface area contributed by atoms with Crippen LogP contribution in [0.15, 0.2) is 17.1 Å². The van der Waals surface area contributed by atoms with Gasteiger partial charge in [-0.05, 0) is 5.92 Å². The molecule has 0 heterocycles. The summed E-state index contributed by atoms with van der Waals surface area (Å²) in [6.45, 7) is 5.37. The van der Waals surface area contributed by atoms with Crippen molar-refractivity contribution in [1.29, 1.82) is 0 Å². The minimum atomic E-state index is 0.368. The lowest BCUT2D eigenvalue weighted by Crippen LogP contribution is -2.34. The number of guanidine groups is 1. The Hall–Kier alpha value is -2.11. The third kappa shape index (κ3) is 5.06. The van der Waals surface area contributed by atoms with E-state index in [0.29, 0.717) is 35.7 Å². The summed E-state index contributed by atoms with van der Waals surface area (Å²) in [7, 11) is 4.80. The van der Waals surface area contributed by atoms with Gasteiger partial charge in [0.2, 0.25) is 0 Å². The van der Waals surface area contributed by atoms with Crippen molar-refractivity contribution >= 4 is 5.96 Å². The van der Waals surface area contributed by atoms with Crippen LogP contribution in [0.5, 0.6) is 17.2 Å². The molecule has 0 bridgehead atoms. The van der Waals surface area contributed by atoms with Gasteiger partial charge in [0.05, 0.1) is 33.4 Å². The molecule has 0 radical (unpaired) electrons. The molecule has 0 fully saturated rings. The van der Waals surface area contributed by atoms with Crippen molar-refractivity contribution in [1.82, 2.24) is 5.32 Å². The molecule has 0 aliphatic carbocycles. The topological polar surface area (TPSA) is 78.1 Å². The minimum Gasteiger partial charge on any atom is -0.496 e. The highest BCUT2D eigenvalue weighted by atomic mass is 16.5. The van der Waals surface area contributed by atoms with E-state index in [1.807, 2.05) is 0 Å². The molecule has 21 heavy (non-hydrogen) atoms. The number of benzene rings is 1. The van der Waals surface area contributed by atoms with Crippen LogP contribution in [0.25, 0.3) is 0 Å². The van der Waals surface area contributed by atoms with Gasteiger partial charge in [-0.25, -0.2) is 4.99 Å². The van der Waals surface area contributed by atoms with Crippen molar-refractivity contribution in [3.05, 3.63) is 17.7 Å². The van der Waals surface area contributed by atoms with Gasteiger partial charge in [-0.15, -0.1) is 0 Å². The largest absolute Gasteiger partial charge is 0.496 e. The van der Waals surface area contributed by atoms with Crippen molar-refractivity contribution in [3.63, 3.8) is 0 Å². The second-order valence-corrected chi connectivity index (χ2v) is 4.99. The standard InChI is InChI=1S/C15H25N3O3/c1-10(2)8-17-15(16)18-9-12-13(20-4)6-11(19-3)7-14(12)21-5/h6-7,10H,8-9H2,1-5H3,(H3,16,17,18). The Kier molecular flexibility index (Phi) is 6.65. The van der Waals surface area contributed by atoms with Crippen molar-refractivity contribution in [2.75, 3.05) is 27.9 Å². The highest BCUT2D eigenvalue weighted by molar-refractivity contribution is 5.77. The van der Waals surface area contributed by atoms with Gasteiger partial charge in [0, 0.05) is 18.7 Å². The molecule has 0 atom stereocenters. The molecule has 1 aromatic rings. The second-order valence-electron chi connectivity index (χ2n) is 4.99. The molecule has 6 nitrogen and oxygen atoms in total. The first-order valence-electron chi connectivity index (χ1n) is 6.84. The van der Waals surface area contributed by atoms with E-state index in [4.69, 9.17) is 19.9 Å². The van der Waals surface area contributed by atoms with Gasteiger partial charge >= 0.3 is 0 Å². The van der Waals surface area contributed by atoms with Crippen LogP contribution in [-0.2, 0) is 6.54 Å². The van der Waals surface area contributed by atoms with Gasteiger partial charge in [0.15, 0.2) is 5.96 Å². The molecule has 6 heteroatoms. The molecule has 0 aromatic heterocycles. The van der Waals surface area contributed by atoms with E-state index in [9.17, 15) is 0 Å². The van der Waals surface area contributed by atoms with Crippen LogP contribution in [0, 0.1) is 5.92 Å². The number of nitrogens with zero attached hydrogens (tertiary/aromatic N) is 1. The van der Waals surface area contributed by atoms with E-state index in [0.717, 1.165) is 12.1 Å². The molecule has 0 saturated heterocycles. The number of nitrogens with one attached hydrogen (secondary N) is 1. The first-order valence-corrected chi connectivity index (χ1v) is 6.84. The smallest absolute Gasteiger partial charge is 0.188 e. The third-order valence-corrected chi connectivity index (χ3v) is 2.92. The fourth-order valence-electron chi connectivity index (χ4n) is 1.76. The molecular weight excluding hydrogens is 270 g/mol. The highest BCUT2D eigenvalue weighted by Gasteiger charge is 2.12. The normalized spacial score (nSPS) is 11.4.